The molecule has 0 aromatic carbocycles. The molecule has 0 aromatic heterocycles. The van der Waals surface area contributed by atoms with E-state index in [1.807, 2.05) is 0 Å². The number of rotatable bonds is 3. The molecule has 2 unspecified atom stereocenters. The summed E-state index contributed by atoms with van der Waals surface area (Å²) in [5.41, 5.74) is 5.88. The molecule has 0 aliphatic heterocycles. The molecule has 1 saturated carbocycles. The Balaban J connectivity index is 2.11. The Morgan fingerprint density at radius 2 is 2.22 bits per heavy atom. The van der Waals surface area contributed by atoms with Gasteiger partial charge in [-0.2, -0.15) is 0 Å². The van der Waals surface area contributed by atoms with E-state index in [0.717, 1.165) is 11.8 Å². The lowest BCUT2D eigenvalue weighted by atomic mass is 10.1. The van der Waals surface area contributed by atoms with Gasteiger partial charge in [-0.15, -0.1) is 0 Å². The van der Waals surface area contributed by atoms with Crippen LogP contribution in [-0.2, 0) is 0 Å². The summed E-state index contributed by atoms with van der Waals surface area (Å²) in [6.45, 7) is 4.49. The van der Waals surface area contributed by atoms with E-state index in [9.17, 15) is 0 Å². The minimum absolute atomic E-state index is 0.505. The summed E-state index contributed by atoms with van der Waals surface area (Å²) < 4.78 is 0. The third-order valence-electron chi connectivity index (χ3n) is 2.34. The van der Waals surface area contributed by atoms with Crippen LogP contribution >= 0.6 is 0 Å². The molecule has 1 fully saturated rings. The molecule has 3 atom stereocenters. The van der Waals surface area contributed by atoms with Gasteiger partial charge in [0.25, 0.3) is 0 Å². The molecular formula is C8H17N. The summed E-state index contributed by atoms with van der Waals surface area (Å²) in [6, 6.07) is 0.505. The van der Waals surface area contributed by atoms with Gasteiger partial charge in [0.05, 0.1) is 0 Å². The van der Waals surface area contributed by atoms with Crippen LogP contribution in [0.4, 0.5) is 0 Å². The largest absolute Gasteiger partial charge is 0.327 e. The van der Waals surface area contributed by atoms with E-state index in [2.05, 4.69) is 13.8 Å². The third-order valence-corrected chi connectivity index (χ3v) is 2.34. The molecule has 9 heavy (non-hydrogen) atoms. The molecule has 1 nitrogen and oxygen atoms in total. The van der Waals surface area contributed by atoms with Gasteiger partial charge in [-0.3, -0.25) is 0 Å². The Morgan fingerprint density at radius 1 is 1.67 bits per heavy atom. The number of hydrogen-bond acceptors (Lipinski definition) is 1. The monoisotopic (exact) mass is 127 g/mol. The fourth-order valence-corrected chi connectivity index (χ4v) is 1.49. The van der Waals surface area contributed by atoms with Crippen molar-refractivity contribution < 1.29 is 0 Å². The second kappa shape index (κ2) is 2.70. The molecule has 0 spiro atoms. The van der Waals surface area contributed by atoms with Crippen LogP contribution in [0.15, 0.2) is 0 Å². The van der Waals surface area contributed by atoms with Gasteiger partial charge in [-0.1, -0.05) is 20.3 Å². The van der Waals surface area contributed by atoms with Crippen molar-refractivity contribution in [3.63, 3.8) is 0 Å². The molecule has 0 bridgehead atoms. The van der Waals surface area contributed by atoms with Gasteiger partial charge in [-0.25, -0.2) is 0 Å². The molecule has 1 rings (SSSR count). The van der Waals surface area contributed by atoms with Crippen molar-refractivity contribution >= 4 is 0 Å². The SMILES string of the molecule is CCC[C@@H](N)C1CC1C. The average Bonchev–Trinajstić information content (AvgIpc) is 2.47. The molecule has 54 valence electrons. The first-order chi connectivity index (χ1) is 4.25. The van der Waals surface area contributed by atoms with Crippen LogP contribution in [0.25, 0.3) is 0 Å². The highest BCUT2D eigenvalue weighted by molar-refractivity contribution is 4.90. The van der Waals surface area contributed by atoms with Crippen LogP contribution in [0.2, 0.25) is 0 Å². The summed E-state index contributed by atoms with van der Waals surface area (Å²) in [5.74, 6) is 1.79. The molecule has 0 saturated heterocycles. The van der Waals surface area contributed by atoms with Gasteiger partial charge in [0.2, 0.25) is 0 Å². The molecule has 1 aliphatic carbocycles. The highest BCUT2D eigenvalue weighted by Gasteiger charge is 2.36. The normalized spacial score (nSPS) is 36.3. The van der Waals surface area contributed by atoms with Crippen molar-refractivity contribution in [1.29, 1.82) is 0 Å². The number of nitrogens with two attached hydrogens (primary N) is 1. The molecule has 1 heteroatoms. The highest BCUT2D eigenvalue weighted by Crippen LogP contribution is 2.40. The van der Waals surface area contributed by atoms with E-state index >= 15 is 0 Å². The van der Waals surface area contributed by atoms with Crippen molar-refractivity contribution in [1.82, 2.24) is 0 Å². The van der Waals surface area contributed by atoms with Crippen molar-refractivity contribution in [2.75, 3.05) is 0 Å². The Morgan fingerprint density at radius 3 is 2.56 bits per heavy atom. The molecule has 0 heterocycles. The maximum Gasteiger partial charge on any atom is 0.00697 e. The Labute approximate surface area is 57.6 Å². The third kappa shape index (κ3) is 1.68. The molecule has 0 amide bonds. The molecular weight excluding hydrogens is 110 g/mol. The van der Waals surface area contributed by atoms with E-state index in [4.69, 9.17) is 5.73 Å². The number of hydrogen-bond donors (Lipinski definition) is 1. The van der Waals surface area contributed by atoms with Crippen LogP contribution in [0, 0.1) is 11.8 Å². The van der Waals surface area contributed by atoms with Crippen LogP contribution < -0.4 is 5.73 Å². The second-order valence-corrected chi connectivity index (χ2v) is 3.33. The lowest BCUT2D eigenvalue weighted by Crippen LogP contribution is -2.22. The maximum absolute atomic E-state index is 5.88. The first kappa shape index (κ1) is 7.07. The molecule has 0 radical (unpaired) electrons. The fourth-order valence-electron chi connectivity index (χ4n) is 1.49. The van der Waals surface area contributed by atoms with Crippen LogP contribution in [-0.4, -0.2) is 6.04 Å². The van der Waals surface area contributed by atoms with Gasteiger partial charge in [0.15, 0.2) is 0 Å². The lowest BCUT2D eigenvalue weighted by Gasteiger charge is -2.07. The minimum atomic E-state index is 0.505. The predicted octanol–water partition coefficient (Wildman–Crippen LogP) is 1.77. The average molecular weight is 127 g/mol. The quantitative estimate of drug-likeness (QED) is 0.614. The summed E-state index contributed by atoms with van der Waals surface area (Å²) >= 11 is 0. The van der Waals surface area contributed by atoms with Gasteiger partial charge in [-0.05, 0) is 24.7 Å². The van der Waals surface area contributed by atoms with E-state index in [0.29, 0.717) is 6.04 Å². The standard InChI is InChI=1S/C8H17N/c1-3-4-8(9)7-5-6(7)2/h6-8H,3-5,9H2,1-2H3/t6?,7?,8-/m1/s1. The molecule has 1 aliphatic rings. The zero-order valence-corrected chi connectivity index (χ0v) is 6.43. The summed E-state index contributed by atoms with van der Waals surface area (Å²) in [4.78, 5) is 0. The van der Waals surface area contributed by atoms with E-state index in [1.165, 1.54) is 19.3 Å². The van der Waals surface area contributed by atoms with Crippen molar-refractivity contribution in [3.8, 4) is 0 Å². The summed E-state index contributed by atoms with van der Waals surface area (Å²) in [7, 11) is 0. The van der Waals surface area contributed by atoms with Gasteiger partial charge in [0.1, 0.15) is 0 Å². The fraction of sp³-hybridized carbons (Fsp3) is 1.00. The smallest absolute Gasteiger partial charge is 0.00697 e. The zero-order chi connectivity index (χ0) is 6.85. The van der Waals surface area contributed by atoms with Crippen LogP contribution in [0.5, 0.6) is 0 Å². The topological polar surface area (TPSA) is 26.0 Å². The van der Waals surface area contributed by atoms with E-state index in [1.54, 1.807) is 0 Å². The van der Waals surface area contributed by atoms with Crippen molar-refractivity contribution in [3.05, 3.63) is 0 Å². The predicted molar refractivity (Wildman–Crippen MR) is 40.2 cm³/mol. The highest BCUT2D eigenvalue weighted by atomic mass is 14.7. The van der Waals surface area contributed by atoms with Crippen molar-refractivity contribution in [2.45, 2.75) is 39.2 Å². The first-order valence-corrected chi connectivity index (χ1v) is 4.01. The zero-order valence-electron chi connectivity index (χ0n) is 6.43. The van der Waals surface area contributed by atoms with Gasteiger partial charge >= 0.3 is 0 Å². The second-order valence-electron chi connectivity index (χ2n) is 3.33. The lowest BCUT2D eigenvalue weighted by molar-refractivity contribution is 0.519. The van der Waals surface area contributed by atoms with Crippen LogP contribution in [0.1, 0.15) is 33.1 Å². The van der Waals surface area contributed by atoms with Crippen molar-refractivity contribution in [2.24, 2.45) is 17.6 Å². The summed E-state index contributed by atoms with van der Waals surface area (Å²) in [6.07, 6.45) is 3.83. The minimum Gasteiger partial charge on any atom is -0.327 e. The van der Waals surface area contributed by atoms with Crippen LogP contribution in [0.3, 0.4) is 0 Å². The molecule has 2 N–H and O–H groups in total. The van der Waals surface area contributed by atoms with E-state index < -0.39 is 0 Å². The van der Waals surface area contributed by atoms with Gasteiger partial charge < -0.3 is 5.73 Å². The summed E-state index contributed by atoms with van der Waals surface area (Å²) in [5, 5.41) is 0. The maximum atomic E-state index is 5.88. The van der Waals surface area contributed by atoms with Gasteiger partial charge in [0, 0.05) is 6.04 Å². The molecule has 0 aromatic rings. The Hall–Kier alpha value is -0.0400. The Kier molecular flexibility index (Phi) is 2.12. The first-order valence-electron chi connectivity index (χ1n) is 4.01. The van der Waals surface area contributed by atoms with E-state index in [-0.39, 0.29) is 0 Å². The Bertz CT molecular complexity index is 90.6.